The van der Waals surface area contributed by atoms with E-state index in [9.17, 15) is 4.39 Å². The molecule has 96 valence electrons. The summed E-state index contributed by atoms with van der Waals surface area (Å²) in [5.74, 6) is -0.479. The molecule has 0 saturated carbocycles. The molecule has 2 heterocycles. The molecule has 0 unspecified atom stereocenters. The van der Waals surface area contributed by atoms with E-state index in [1.54, 1.807) is 6.07 Å². The maximum Gasteiger partial charge on any atom is 0.212 e. The van der Waals surface area contributed by atoms with E-state index in [-0.39, 0.29) is 0 Å². The van der Waals surface area contributed by atoms with Gasteiger partial charge < -0.3 is 10.3 Å². The average Bonchev–Trinajstić information content (AvgIpc) is 2.80. The SMILES string of the molecule is Fc1ccc(NCc2c[nH]c3cc(Cl)ccc23)cn1. The van der Waals surface area contributed by atoms with E-state index in [1.807, 2.05) is 24.4 Å². The van der Waals surface area contributed by atoms with E-state index in [4.69, 9.17) is 11.6 Å². The van der Waals surface area contributed by atoms with Crippen LogP contribution in [0.15, 0.2) is 42.7 Å². The first kappa shape index (κ1) is 12.0. The van der Waals surface area contributed by atoms with Gasteiger partial charge in [0, 0.05) is 28.7 Å². The second kappa shape index (κ2) is 4.90. The van der Waals surface area contributed by atoms with Crippen LogP contribution in [0.2, 0.25) is 5.02 Å². The highest BCUT2D eigenvalue weighted by atomic mass is 35.5. The summed E-state index contributed by atoms with van der Waals surface area (Å²) in [6.07, 6.45) is 3.41. The number of rotatable bonds is 3. The molecule has 1 aromatic carbocycles. The molecule has 3 aromatic rings. The summed E-state index contributed by atoms with van der Waals surface area (Å²) in [4.78, 5) is 6.77. The average molecular weight is 276 g/mol. The minimum Gasteiger partial charge on any atom is -0.380 e. The van der Waals surface area contributed by atoms with Crippen LogP contribution in [0.1, 0.15) is 5.56 Å². The molecule has 0 atom stereocenters. The lowest BCUT2D eigenvalue weighted by atomic mass is 10.2. The zero-order valence-corrected chi connectivity index (χ0v) is 10.7. The largest absolute Gasteiger partial charge is 0.380 e. The summed E-state index contributed by atoms with van der Waals surface area (Å²) in [6, 6.07) is 8.72. The minimum atomic E-state index is -0.479. The Kier molecular flexibility index (Phi) is 3.09. The molecule has 3 nitrogen and oxygen atoms in total. The van der Waals surface area contributed by atoms with Crippen LogP contribution < -0.4 is 5.32 Å². The summed E-state index contributed by atoms with van der Waals surface area (Å²) in [5, 5.41) is 5.02. The first-order valence-corrected chi connectivity index (χ1v) is 6.21. The van der Waals surface area contributed by atoms with Crippen molar-refractivity contribution in [1.82, 2.24) is 9.97 Å². The van der Waals surface area contributed by atoms with E-state index in [0.29, 0.717) is 11.6 Å². The third kappa shape index (κ3) is 2.53. The first-order valence-electron chi connectivity index (χ1n) is 5.83. The number of benzene rings is 1. The molecule has 0 saturated heterocycles. The highest BCUT2D eigenvalue weighted by Gasteiger charge is 2.04. The normalized spacial score (nSPS) is 10.8. The van der Waals surface area contributed by atoms with Gasteiger partial charge in [-0.15, -0.1) is 0 Å². The van der Waals surface area contributed by atoms with Crippen LogP contribution in [0.5, 0.6) is 0 Å². The van der Waals surface area contributed by atoms with E-state index >= 15 is 0 Å². The highest BCUT2D eigenvalue weighted by molar-refractivity contribution is 6.31. The molecular weight excluding hydrogens is 265 g/mol. The fraction of sp³-hybridized carbons (Fsp3) is 0.0714. The van der Waals surface area contributed by atoms with Crippen LogP contribution in [-0.2, 0) is 6.54 Å². The number of H-pyrrole nitrogens is 1. The number of anilines is 1. The third-order valence-electron chi connectivity index (χ3n) is 2.94. The predicted molar refractivity (Wildman–Crippen MR) is 74.8 cm³/mol. The molecule has 2 aromatic heterocycles. The van der Waals surface area contributed by atoms with Gasteiger partial charge in [-0.1, -0.05) is 17.7 Å². The van der Waals surface area contributed by atoms with Crippen molar-refractivity contribution in [1.29, 1.82) is 0 Å². The molecule has 0 aliphatic rings. The number of aromatic amines is 1. The van der Waals surface area contributed by atoms with Gasteiger partial charge >= 0.3 is 0 Å². The van der Waals surface area contributed by atoms with E-state index in [0.717, 1.165) is 22.2 Å². The quantitative estimate of drug-likeness (QED) is 0.710. The third-order valence-corrected chi connectivity index (χ3v) is 3.17. The monoisotopic (exact) mass is 275 g/mol. The molecule has 19 heavy (non-hydrogen) atoms. The Labute approximate surface area is 114 Å². The second-order valence-corrected chi connectivity index (χ2v) is 4.66. The Balaban J connectivity index is 1.80. The minimum absolute atomic E-state index is 0.479. The zero-order chi connectivity index (χ0) is 13.2. The van der Waals surface area contributed by atoms with Gasteiger partial charge in [0.05, 0.1) is 11.9 Å². The molecule has 0 bridgehead atoms. The van der Waals surface area contributed by atoms with Crippen molar-refractivity contribution in [2.24, 2.45) is 0 Å². The zero-order valence-electron chi connectivity index (χ0n) is 9.95. The Hall–Kier alpha value is -2.07. The molecule has 0 aliphatic carbocycles. The lowest BCUT2D eigenvalue weighted by Gasteiger charge is -2.04. The topological polar surface area (TPSA) is 40.7 Å². The van der Waals surface area contributed by atoms with Crippen molar-refractivity contribution in [3.63, 3.8) is 0 Å². The lowest BCUT2D eigenvalue weighted by molar-refractivity contribution is 0.584. The summed E-state index contributed by atoms with van der Waals surface area (Å²) >= 11 is 5.94. The van der Waals surface area contributed by atoms with Crippen molar-refractivity contribution in [3.05, 3.63) is 59.3 Å². The van der Waals surface area contributed by atoms with Crippen LogP contribution in [0.4, 0.5) is 10.1 Å². The van der Waals surface area contributed by atoms with Crippen molar-refractivity contribution in [2.75, 3.05) is 5.32 Å². The maximum atomic E-state index is 12.7. The molecule has 0 amide bonds. The number of hydrogen-bond acceptors (Lipinski definition) is 2. The van der Waals surface area contributed by atoms with Gasteiger partial charge in [0.25, 0.3) is 0 Å². The first-order chi connectivity index (χ1) is 9.22. The number of hydrogen-bond donors (Lipinski definition) is 2. The van der Waals surface area contributed by atoms with E-state index < -0.39 is 5.95 Å². The van der Waals surface area contributed by atoms with Crippen LogP contribution >= 0.6 is 11.6 Å². The highest BCUT2D eigenvalue weighted by Crippen LogP contribution is 2.22. The lowest BCUT2D eigenvalue weighted by Crippen LogP contribution is -1.99. The van der Waals surface area contributed by atoms with Crippen molar-refractivity contribution >= 4 is 28.2 Å². The Bertz CT molecular complexity index is 706. The van der Waals surface area contributed by atoms with Gasteiger partial charge in [0.15, 0.2) is 0 Å². The summed E-state index contributed by atoms with van der Waals surface area (Å²) in [7, 11) is 0. The molecule has 0 aliphatic heterocycles. The molecular formula is C14H11ClFN3. The van der Waals surface area contributed by atoms with E-state index in [2.05, 4.69) is 15.3 Å². The standard InChI is InChI=1S/C14H11ClFN3/c15-10-1-3-12-9(7-18-13(12)5-10)6-17-11-2-4-14(16)19-8-11/h1-5,7-8,17-18H,6H2. The molecule has 5 heteroatoms. The molecule has 0 radical (unpaired) electrons. The van der Waals surface area contributed by atoms with Gasteiger partial charge in [0.2, 0.25) is 5.95 Å². The number of pyridine rings is 1. The Morgan fingerprint density at radius 3 is 2.95 bits per heavy atom. The number of nitrogens with one attached hydrogen (secondary N) is 2. The smallest absolute Gasteiger partial charge is 0.212 e. The van der Waals surface area contributed by atoms with Gasteiger partial charge in [-0.25, -0.2) is 4.98 Å². The fourth-order valence-corrected chi connectivity index (χ4v) is 2.15. The van der Waals surface area contributed by atoms with Gasteiger partial charge in [-0.3, -0.25) is 0 Å². The van der Waals surface area contributed by atoms with Gasteiger partial charge in [-0.05, 0) is 29.8 Å². The van der Waals surface area contributed by atoms with Crippen molar-refractivity contribution in [2.45, 2.75) is 6.54 Å². The maximum absolute atomic E-state index is 12.7. The second-order valence-electron chi connectivity index (χ2n) is 4.23. The summed E-state index contributed by atoms with van der Waals surface area (Å²) in [6.45, 7) is 0.634. The van der Waals surface area contributed by atoms with Crippen LogP contribution in [0.3, 0.4) is 0 Å². The Morgan fingerprint density at radius 2 is 2.16 bits per heavy atom. The predicted octanol–water partition coefficient (Wildman–Crippen LogP) is 3.97. The Morgan fingerprint density at radius 1 is 1.26 bits per heavy atom. The fourth-order valence-electron chi connectivity index (χ4n) is 1.98. The van der Waals surface area contributed by atoms with E-state index in [1.165, 1.54) is 12.3 Å². The molecule has 2 N–H and O–H groups in total. The van der Waals surface area contributed by atoms with Crippen LogP contribution in [0, 0.1) is 5.95 Å². The van der Waals surface area contributed by atoms with Gasteiger partial charge in [0.1, 0.15) is 0 Å². The summed E-state index contributed by atoms with van der Waals surface area (Å²) in [5.41, 5.74) is 2.90. The van der Waals surface area contributed by atoms with Crippen molar-refractivity contribution in [3.8, 4) is 0 Å². The molecule has 0 fully saturated rings. The number of aromatic nitrogens is 2. The van der Waals surface area contributed by atoms with Crippen molar-refractivity contribution < 1.29 is 4.39 Å². The number of nitrogens with zero attached hydrogens (tertiary/aromatic N) is 1. The van der Waals surface area contributed by atoms with Crippen LogP contribution in [0.25, 0.3) is 10.9 Å². The number of fused-ring (bicyclic) bond motifs is 1. The number of halogens is 2. The molecule has 3 rings (SSSR count). The summed E-state index contributed by atoms with van der Waals surface area (Å²) < 4.78 is 12.7. The van der Waals surface area contributed by atoms with Crippen LogP contribution in [-0.4, -0.2) is 9.97 Å². The molecule has 0 spiro atoms. The van der Waals surface area contributed by atoms with Gasteiger partial charge in [-0.2, -0.15) is 4.39 Å².